The first-order valence-corrected chi connectivity index (χ1v) is 9.16. The second kappa shape index (κ2) is 9.70. The molecule has 1 aliphatic rings. The monoisotopic (exact) mass is 361 g/mol. The normalized spacial score (nSPS) is 17.5. The van der Waals surface area contributed by atoms with Gasteiger partial charge in [0.15, 0.2) is 0 Å². The van der Waals surface area contributed by atoms with Gasteiger partial charge in [-0.3, -0.25) is 9.88 Å². The smallest absolute Gasteiger partial charge is 0.232 e. The van der Waals surface area contributed by atoms with Crippen LogP contribution in [0.15, 0.2) is 36.7 Å². The summed E-state index contributed by atoms with van der Waals surface area (Å²) in [6.07, 6.45) is 6.55. The number of fused-ring (bicyclic) bond motifs is 2. The van der Waals surface area contributed by atoms with Crippen LogP contribution in [0.2, 0.25) is 5.02 Å². The molecule has 0 N–H and O–H groups in total. The maximum absolute atomic E-state index is 6.31. The Kier molecular flexibility index (Phi) is 7.03. The van der Waals surface area contributed by atoms with Gasteiger partial charge < -0.3 is 9.47 Å². The summed E-state index contributed by atoms with van der Waals surface area (Å²) < 4.78 is 11.3. The Morgan fingerprint density at radius 3 is 2.88 bits per heavy atom. The zero-order valence-corrected chi connectivity index (χ0v) is 15.1. The molecule has 0 aliphatic carbocycles. The fourth-order valence-corrected chi connectivity index (χ4v) is 3.05. The zero-order chi connectivity index (χ0) is 17.3. The molecule has 0 saturated carbocycles. The standard InChI is InChI=1S/C19H24ClN3O2/c20-18-7-2-1-5-16(18)15-23-8-4-3-6-17-13-21-14-19(22-17)25-12-11-24-10-9-23/h1-2,5,7,13-14H,3-4,6,8-12,15H2. The molecule has 0 atom stereocenters. The van der Waals surface area contributed by atoms with E-state index in [4.69, 9.17) is 21.1 Å². The van der Waals surface area contributed by atoms with E-state index >= 15 is 0 Å². The van der Waals surface area contributed by atoms with Crippen molar-refractivity contribution in [2.45, 2.75) is 25.8 Å². The molecule has 2 heterocycles. The molecule has 1 aromatic heterocycles. The number of nitrogens with zero attached hydrogens (tertiary/aromatic N) is 3. The lowest BCUT2D eigenvalue weighted by molar-refractivity contribution is 0.0758. The molecule has 2 bridgehead atoms. The quantitative estimate of drug-likeness (QED) is 0.820. The van der Waals surface area contributed by atoms with Crippen LogP contribution in [-0.4, -0.2) is 47.8 Å². The highest BCUT2D eigenvalue weighted by molar-refractivity contribution is 6.31. The minimum Gasteiger partial charge on any atom is -0.474 e. The third kappa shape index (κ3) is 5.96. The first-order valence-electron chi connectivity index (χ1n) is 8.78. The van der Waals surface area contributed by atoms with E-state index in [1.54, 1.807) is 6.20 Å². The Balaban J connectivity index is 1.60. The van der Waals surface area contributed by atoms with Crippen LogP contribution in [-0.2, 0) is 17.7 Å². The van der Waals surface area contributed by atoms with Gasteiger partial charge in [0.1, 0.15) is 6.61 Å². The van der Waals surface area contributed by atoms with Crippen molar-refractivity contribution in [3.63, 3.8) is 0 Å². The molecule has 0 unspecified atom stereocenters. The van der Waals surface area contributed by atoms with Crippen LogP contribution in [0.1, 0.15) is 24.1 Å². The number of halogens is 1. The maximum atomic E-state index is 6.31. The van der Waals surface area contributed by atoms with Crippen molar-refractivity contribution in [2.24, 2.45) is 0 Å². The third-order valence-electron chi connectivity index (χ3n) is 4.20. The van der Waals surface area contributed by atoms with Crippen molar-refractivity contribution >= 4 is 11.6 Å². The maximum Gasteiger partial charge on any atom is 0.232 e. The predicted molar refractivity (Wildman–Crippen MR) is 98.0 cm³/mol. The zero-order valence-electron chi connectivity index (χ0n) is 14.4. The third-order valence-corrected chi connectivity index (χ3v) is 4.57. The fraction of sp³-hybridized carbons (Fsp3) is 0.474. The van der Waals surface area contributed by atoms with E-state index in [-0.39, 0.29) is 0 Å². The largest absolute Gasteiger partial charge is 0.474 e. The van der Waals surface area contributed by atoms with Crippen LogP contribution in [0.25, 0.3) is 0 Å². The molecule has 134 valence electrons. The van der Waals surface area contributed by atoms with Gasteiger partial charge in [-0.2, -0.15) is 0 Å². The summed E-state index contributed by atoms with van der Waals surface area (Å²) in [6, 6.07) is 8.03. The number of aromatic nitrogens is 2. The summed E-state index contributed by atoms with van der Waals surface area (Å²) in [7, 11) is 0. The van der Waals surface area contributed by atoms with E-state index in [1.165, 1.54) is 0 Å². The Bertz CT molecular complexity index is 669. The van der Waals surface area contributed by atoms with Gasteiger partial charge in [-0.05, 0) is 37.4 Å². The van der Waals surface area contributed by atoms with Gasteiger partial charge >= 0.3 is 0 Å². The van der Waals surface area contributed by atoms with Gasteiger partial charge in [0.05, 0.1) is 25.1 Å². The molecule has 0 spiro atoms. The molecule has 0 amide bonds. The summed E-state index contributed by atoms with van der Waals surface area (Å²) >= 11 is 6.31. The topological polar surface area (TPSA) is 47.5 Å². The Morgan fingerprint density at radius 1 is 1.04 bits per heavy atom. The number of rotatable bonds is 2. The molecule has 25 heavy (non-hydrogen) atoms. The van der Waals surface area contributed by atoms with Crippen LogP contribution in [0.3, 0.4) is 0 Å². The van der Waals surface area contributed by atoms with Gasteiger partial charge in [-0.1, -0.05) is 29.8 Å². The van der Waals surface area contributed by atoms with Crippen LogP contribution in [0, 0.1) is 0 Å². The van der Waals surface area contributed by atoms with Gasteiger partial charge in [0, 0.05) is 24.3 Å². The molecule has 0 radical (unpaired) electrons. The highest BCUT2D eigenvalue weighted by atomic mass is 35.5. The van der Waals surface area contributed by atoms with Crippen molar-refractivity contribution in [1.29, 1.82) is 0 Å². The van der Waals surface area contributed by atoms with Crippen molar-refractivity contribution < 1.29 is 9.47 Å². The fourth-order valence-electron chi connectivity index (χ4n) is 2.86. The van der Waals surface area contributed by atoms with E-state index in [0.29, 0.717) is 25.7 Å². The Labute approximate surface area is 153 Å². The predicted octanol–water partition coefficient (Wildman–Crippen LogP) is 3.36. The van der Waals surface area contributed by atoms with Crippen molar-refractivity contribution in [3.8, 4) is 5.88 Å². The van der Waals surface area contributed by atoms with Crippen molar-refractivity contribution in [2.75, 3.05) is 32.9 Å². The van der Waals surface area contributed by atoms with E-state index < -0.39 is 0 Å². The lowest BCUT2D eigenvalue weighted by Crippen LogP contribution is -2.29. The minimum absolute atomic E-state index is 0.489. The first-order chi connectivity index (χ1) is 12.3. The van der Waals surface area contributed by atoms with Crippen LogP contribution >= 0.6 is 11.6 Å². The number of benzene rings is 1. The first kappa shape index (κ1) is 18.1. The number of hydrogen-bond donors (Lipinski definition) is 0. The number of aryl methyl sites for hydroxylation is 1. The van der Waals surface area contributed by atoms with Gasteiger partial charge in [0.25, 0.3) is 0 Å². The summed E-state index contributed by atoms with van der Waals surface area (Å²) in [5, 5.41) is 0.823. The highest BCUT2D eigenvalue weighted by Gasteiger charge is 2.10. The number of hydrogen-bond acceptors (Lipinski definition) is 5. The summed E-state index contributed by atoms with van der Waals surface area (Å²) in [6.45, 7) is 4.46. The number of ether oxygens (including phenoxy) is 2. The second-order valence-corrected chi connectivity index (χ2v) is 6.54. The summed E-state index contributed by atoms with van der Waals surface area (Å²) in [5.41, 5.74) is 2.14. The van der Waals surface area contributed by atoms with E-state index in [9.17, 15) is 0 Å². The molecule has 6 heteroatoms. The van der Waals surface area contributed by atoms with Crippen LogP contribution < -0.4 is 4.74 Å². The molecular formula is C19H24ClN3O2. The van der Waals surface area contributed by atoms with Crippen molar-refractivity contribution in [3.05, 3.63) is 52.9 Å². The van der Waals surface area contributed by atoms with Gasteiger partial charge in [-0.15, -0.1) is 0 Å². The Hall–Kier alpha value is -1.69. The molecule has 1 aromatic carbocycles. The average Bonchev–Trinajstić information content (AvgIpc) is 2.63. The van der Waals surface area contributed by atoms with E-state index in [2.05, 4.69) is 20.9 Å². The van der Waals surface area contributed by atoms with Crippen molar-refractivity contribution in [1.82, 2.24) is 14.9 Å². The molecule has 0 saturated heterocycles. The van der Waals surface area contributed by atoms with Crippen LogP contribution in [0.5, 0.6) is 5.88 Å². The lowest BCUT2D eigenvalue weighted by Gasteiger charge is -2.23. The minimum atomic E-state index is 0.489. The van der Waals surface area contributed by atoms with Crippen LogP contribution in [0.4, 0.5) is 0 Å². The van der Waals surface area contributed by atoms with E-state index in [1.807, 2.05) is 24.4 Å². The second-order valence-electron chi connectivity index (χ2n) is 6.13. The summed E-state index contributed by atoms with van der Waals surface area (Å²) in [4.78, 5) is 11.1. The SMILES string of the molecule is Clc1ccccc1CN1CCCCc2cncc(n2)OCCOCC1. The molecule has 0 fully saturated rings. The molecule has 2 aromatic rings. The average molecular weight is 362 g/mol. The lowest BCUT2D eigenvalue weighted by atomic mass is 10.1. The molecule has 3 rings (SSSR count). The molecule has 1 aliphatic heterocycles. The van der Waals surface area contributed by atoms with Gasteiger partial charge in [0.2, 0.25) is 5.88 Å². The highest BCUT2D eigenvalue weighted by Crippen LogP contribution is 2.17. The summed E-state index contributed by atoms with van der Waals surface area (Å²) in [5.74, 6) is 0.582. The molecular weight excluding hydrogens is 338 g/mol. The van der Waals surface area contributed by atoms with E-state index in [0.717, 1.165) is 55.2 Å². The Morgan fingerprint density at radius 2 is 1.96 bits per heavy atom. The van der Waals surface area contributed by atoms with Gasteiger partial charge in [-0.25, -0.2) is 4.98 Å². The molecule has 5 nitrogen and oxygen atoms in total.